The van der Waals surface area contributed by atoms with Crippen molar-refractivity contribution in [1.82, 2.24) is 20.2 Å². The van der Waals surface area contributed by atoms with Crippen molar-refractivity contribution in [3.8, 4) is 0 Å². The van der Waals surface area contributed by atoms with Crippen molar-refractivity contribution in [2.45, 2.75) is 26.4 Å². The summed E-state index contributed by atoms with van der Waals surface area (Å²) in [4.78, 5) is 11.0. The summed E-state index contributed by atoms with van der Waals surface area (Å²) < 4.78 is 0. The molecule has 2 heterocycles. The Morgan fingerprint density at radius 2 is 2.33 bits per heavy atom. The van der Waals surface area contributed by atoms with Crippen LogP contribution in [0.15, 0.2) is 12.4 Å². The van der Waals surface area contributed by atoms with Gasteiger partial charge in [-0.15, -0.1) is 0 Å². The van der Waals surface area contributed by atoms with Gasteiger partial charge in [-0.2, -0.15) is 0 Å². The standard InChI is InChI=1S/C11H18N4/c1-9-5-14-11(6-13-9)8-15-4-3-12-10(2)7-15/h5-6,10,12H,3-4,7-8H2,1-2H3/t10-/m0/s1. The van der Waals surface area contributed by atoms with E-state index in [2.05, 4.69) is 27.1 Å². The van der Waals surface area contributed by atoms with Gasteiger partial charge in [-0.25, -0.2) is 0 Å². The van der Waals surface area contributed by atoms with Crippen LogP contribution in [-0.4, -0.2) is 40.5 Å². The van der Waals surface area contributed by atoms with Gasteiger partial charge in [0.2, 0.25) is 0 Å². The quantitative estimate of drug-likeness (QED) is 0.768. The molecular formula is C11H18N4. The third-order valence-corrected chi connectivity index (χ3v) is 2.67. The molecular weight excluding hydrogens is 188 g/mol. The second-order valence-corrected chi connectivity index (χ2v) is 4.24. The fourth-order valence-electron chi connectivity index (χ4n) is 1.89. The zero-order valence-corrected chi connectivity index (χ0v) is 9.40. The van der Waals surface area contributed by atoms with Crippen molar-refractivity contribution in [2.75, 3.05) is 19.6 Å². The Hall–Kier alpha value is -1.00. The van der Waals surface area contributed by atoms with Crippen molar-refractivity contribution in [2.24, 2.45) is 0 Å². The van der Waals surface area contributed by atoms with Gasteiger partial charge in [0.1, 0.15) is 0 Å². The largest absolute Gasteiger partial charge is 0.312 e. The number of aromatic nitrogens is 2. The summed E-state index contributed by atoms with van der Waals surface area (Å²) >= 11 is 0. The average Bonchev–Trinajstić information content (AvgIpc) is 2.22. The fourth-order valence-corrected chi connectivity index (χ4v) is 1.89. The van der Waals surface area contributed by atoms with Crippen LogP contribution in [0.4, 0.5) is 0 Å². The van der Waals surface area contributed by atoms with Crippen LogP contribution in [0.5, 0.6) is 0 Å². The van der Waals surface area contributed by atoms with E-state index in [1.807, 2.05) is 19.3 Å². The highest BCUT2D eigenvalue weighted by atomic mass is 15.2. The minimum Gasteiger partial charge on any atom is -0.312 e. The lowest BCUT2D eigenvalue weighted by molar-refractivity contribution is 0.197. The monoisotopic (exact) mass is 206 g/mol. The molecule has 1 atom stereocenters. The molecule has 0 amide bonds. The molecule has 2 rings (SSSR count). The molecule has 1 fully saturated rings. The van der Waals surface area contributed by atoms with Gasteiger partial charge in [-0.3, -0.25) is 14.9 Å². The number of aryl methyl sites for hydroxylation is 1. The van der Waals surface area contributed by atoms with E-state index in [0.717, 1.165) is 37.6 Å². The minimum atomic E-state index is 0.581. The van der Waals surface area contributed by atoms with Crippen LogP contribution in [0.25, 0.3) is 0 Å². The number of rotatable bonds is 2. The summed E-state index contributed by atoms with van der Waals surface area (Å²) in [6.07, 6.45) is 3.71. The molecule has 1 saturated heterocycles. The van der Waals surface area contributed by atoms with Crippen LogP contribution >= 0.6 is 0 Å². The third kappa shape index (κ3) is 2.97. The maximum Gasteiger partial charge on any atom is 0.0727 e. The molecule has 1 aromatic heterocycles. The first-order chi connectivity index (χ1) is 7.24. The molecule has 0 bridgehead atoms. The second kappa shape index (κ2) is 4.68. The predicted molar refractivity (Wildman–Crippen MR) is 59.5 cm³/mol. The molecule has 4 heteroatoms. The summed E-state index contributed by atoms with van der Waals surface area (Å²) in [5.74, 6) is 0. The topological polar surface area (TPSA) is 41.1 Å². The van der Waals surface area contributed by atoms with Gasteiger partial charge in [0, 0.05) is 44.6 Å². The van der Waals surface area contributed by atoms with Crippen molar-refractivity contribution in [3.05, 3.63) is 23.8 Å². The Bertz CT molecular complexity index is 309. The molecule has 1 aromatic rings. The lowest BCUT2D eigenvalue weighted by atomic mass is 10.2. The predicted octanol–water partition coefficient (Wildman–Crippen LogP) is 0.579. The summed E-state index contributed by atoms with van der Waals surface area (Å²) in [7, 11) is 0. The minimum absolute atomic E-state index is 0.581. The van der Waals surface area contributed by atoms with E-state index in [1.54, 1.807) is 0 Å². The van der Waals surface area contributed by atoms with Gasteiger partial charge in [0.25, 0.3) is 0 Å². The van der Waals surface area contributed by atoms with E-state index in [4.69, 9.17) is 0 Å². The molecule has 4 nitrogen and oxygen atoms in total. The highest BCUT2D eigenvalue weighted by molar-refractivity contribution is 5.00. The summed E-state index contributed by atoms with van der Waals surface area (Å²) in [5.41, 5.74) is 2.04. The summed E-state index contributed by atoms with van der Waals surface area (Å²) in [5, 5.41) is 3.43. The Kier molecular flexibility index (Phi) is 3.28. The number of hydrogen-bond donors (Lipinski definition) is 1. The molecule has 0 saturated carbocycles. The third-order valence-electron chi connectivity index (χ3n) is 2.67. The zero-order chi connectivity index (χ0) is 10.7. The molecule has 82 valence electrons. The molecule has 1 N–H and O–H groups in total. The Morgan fingerprint density at radius 1 is 1.47 bits per heavy atom. The van der Waals surface area contributed by atoms with Crippen molar-refractivity contribution in [3.63, 3.8) is 0 Å². The lowest BCUT2D eigenvalue weighted by Crippen LogP contribution is -2.48. The Morgan fingerprint density at radius 3 is 3.00 bits per heavy atom. The number of hydrogen-bond acceptors (Lipinski definition) is 4. The fraction of sp³-hybridized carbons (Fsp3) is 0.636. The van der Waals surface area contributed by atoms with E-state index in [9.17, 15) is 0 Å². The van der Waals surface area contributed by atoms with E-state index in [0.29, 0.717) is 6.04 Å². The highest BCUT2D eigenvalue weighted by Gasteiger charge is 2.15. The number of nitrogens with zero attached hydrogens (tertiary/aromatic N) is 3. The maximum atomic E-state index is 4.37. The highest BCUT2D eigenvalue weighted by Crippen LogP contribution is 2.04. The van der Waals surface area contributed by atoms with E-state index >= 15 is 0 Å². The molecule has 15 heavy (non-hydrogen) atoms. The van der Waals surface area contributed by atoms with Crippen molar-refractivity contribution in [1.29, 1.82) is 0 Å². The smallest absolute Gasteiger partial charge is 0.0727 e. The molecule has 0 radical (unpaired) electrons. The van der Waals surface area contributed by atoms with Gasteiger partial charge in [0.15, 0.2) is 0 Å². The molecule has 0 spiro atoms. The number of nitrogens with one attached hydrogen (secondary N) is 1. The first-order valence-corrected chi connectivity index (χ1v) is 5.47. The molecule has 1 aliphatic heterocycles. The summed E-state index contributed by atoms with van der Waals surface area (Å²) in [6, 6.07) is 0.581. The van der Waals surface area contributed by atoms with Gasteiger partial charge in [-0.1, -0.05) is 0 Å². The summed E-state index contributed by atoms with van der Waals surface area (Å²) in [6.45, 7) is 8.35. The molecule has 1 aliphatic rings. The van der Waals surface area contributed by atoms with Crippen LogP contribution in [0, 0.1) is 6.92 Å². The van der Waals surface area contributed by atoms with Crippen LogP contribution in [0.2, 0.25) is 0 Å². The van der Waals surface area contributed by atoms with Crippen LogP contribution in [-0.2, 0) is 6.54 Å². The second-order valence-electron chi connectivity index (χ2n) is 4.24. The van der Waals surface area contributed by atoms with Gasteiger partial charge < -0.3 is 5.32 Å². The van der Waals surface area contributed by atoms with E-state index in [1.165, 1.54) is 0 Å². The van der Waals surface area contributed by atoms with E-state index < -0.39 is 0 Å². The normalized spacial score (nSPS) is 22.9. The molecule has 0 aromatic carbocycles. The van der Waals surface area contributed by atoms with Gasteiger partial charge in [0.05, 0.1) is 11.4 Å². The van der Waals surface area contributed by atoms with Crippen LogP contribution in [0.1, 0.15) is 18.3 Å². The van der Waals surface area contributed by atoms with Gasteiger partial charge in [-0.05, 0) is 13.8 Å². The Balaban J connectivity index is 1.93. The molecule has 0 aliphatic carbocycles. The van der Waals surface area contributed by atoms with Crippen LogP contribution in [0.3, 0.4) is 0 Å². The SMILES string of the molecule is Cc1cnc(CN2CCN[C@@H](C)C2)cn1. The Labute approximate surface area is 90.7 Å². The first kappa shape index (κ1) is 10.5. The zero-order valence-electron chi connectivity index (χ0n) is 9.40. The van der Waals surface area contributed by atoms with Gasteiger partial charge >= 0.3 is 0 Å². The lowest BCUT2D eigenvalue weighted by Gasteiger charge is -2.31. The molecule has 0 unspecified atom stereocenters. The van der Waals surface area contributed by atoms with Crippen molar-refractivity contribution >= 4 is 0 Å². The van der Waals surface area contributed by atoms with Crippen molar-refractivity contribution < 1.29 is 0 Å². The number of piperazine rings is 1. The van der Waals surface area contributed by atoms with E-state index in [-0.39, 0.29) is 0 Å². The average molecular weight is 206 g/mol. The first-order valence-electron chi connectivity index (χ1n) is 5.47. The maximum absolute atomic E-state index is 4.37. The van der Waals surface area contributed by atoms with Crippen LogP contribution < -0.4 is 5.32 Å².